The molecule has 2 aliphatic rings. The van der Waals surface area contributed by atoms with E-state index in [1.165, 1.54) is 29.7 Å². The Kier molecular flexibility index (Phi) is 9.66. The summed E-state index contributed by atoms with van der Waals surface area (Å²) >= 11 is 1.40. The first-order chi connectivity index (χ1) is 23.0. The maximum absolute atomic E-state index is 15.0. The second-order valence-corrected chi connectivity index (χ2v) is 13.2. The molecule has 1 aliphatic carbocycles. The number of rotatable bonds is 9. The minimum Gasteiger partial charge on any atom is -0.506 e. The molecule has 2 unspecified atom stereocenters. The first kappa shape index (κ1) is 33.4. The molecule has 2 aromatic heterocycles. The lowest BCUT2D eigenvalue weighted by Gasteiger charge is -2.36. The van der Waals surface area contributed by atoms with Gasteiger partial charge in [0.2, 0.25) is 0 Å². The third-order valence-electron chi connectivity index (χ3n) is 8.72. The zero-order valence-corrected chi connectivity index (χ0v) is 27.0. The van der Waals surface area contributed by atoms with Crippen LogP contribution in [-0.2, 0) is 42.4 Å². The van der Waals surface area contributed by atoms with Gasteiger partial charge in [-0.05, 0) is 59.4 Å². The lowest BCUT2D eigenvalue weighted by atomic mass is 9.79. The van der Waals surface area contributed by atoms with Crippen molar-refractivity contribution in [2.75, 3.05) is 13.2 Å². The third kappa shape index (κ3) is 7.44. The van der Waals surface area contributed by atoms with Crippen molar-refractivity contribution >= 4 is 17.4 Å². The predicted molar refractivity (Wildman–Crippen MR) is 174 cm³/mol. The zero-order chi connectivity index (χ0) is 33.9. The van der Waals surface area contributed by atoms with Crippen molar-refractivity contribution in [1.82, 2.24) is 20.2 Å². The Hall–Kier alpha value is -4.55. The van der Waals surface area contributed by atoms with Crippen LogP contribution in [0.1, 0.15) is 51.3 Å². The Balaban J connectivity index is 1.29. The number of hydrogen-bond acceptors (Lipinski definition) is 7. The normalized spacial score (nSPS) is 17.4. The Bertz CT molecular complexity index is 1830. The second-order valence-electron chi connectivity index (χ2n) is 12.1. The Morgan fingerprint density at radius 2 is 1.92 bits per heavy atom. The van der Waals surface area contributed by atoms with E-state index in [9.17, 15) is 27.5 Å². The van der Waals surface area contributed by atoms with Crippen LogP contribution in [-0.4, -0.2) is 39.2 Å². The molecule has 2 N–H and O–H groups in total. The summed E-state index contributed by atoms with van der Waals surface area (Å²) in [6.07, 6.45) is 3.60. The maximum Gasteiger partial charge on any atom is 0.416 e. The van der Waals surface area contributed by atoms with E-state index < -0.39 is 29.2 Å². The van der Waals surface area contributed by atoms with Crippen LogP contribution in [0.3, 0.4) is 0 Å². The van der Waals surface area contributed by atoms with Gasteiger partial charge in [0, 0.05) is 30.8 Å². The van der Waals surface area contributed by atoms with Crippen molar-refractivity contribution in [2.45, 2.75) is 51.0 Å². The van der Waals surface area contributed by atoms with Crippen LogP contribution in [0.25, 0.3) is 0 Å². The molecule has 0 saturated carbocycles. The summed E-state index contributed by atoms with van der Waals surface area (Å²) in [5, 5.41) is 14.1. The number of aromatic nitrogens is 2. The number of aromatic hydroxyl groups is 1. The smallest absolute Gasteiger partial charge is 0.416 e. The first-order valence-electron chi connectivity index (χ1n) is 15.6. The minimum absolute atomic E-state index is 0.0185. The van der Waals surface area contributed by atoms with Gasteiger partial charge >= 0.3 is 12.3 Å². The average molecular weight is 679 g/mol. The Morgan fingerprint density at radius 1 is 1.12 bits per heavy atom. The van der Waals surface area contributed by atoms with Gasteiger partial charge in [-0.15, -0.1) is 11.3 Å². The van der Waals surface area contributed by atoms with E-state index in [-0.39, 0.29) is 36.6 Å². The van der Waals surface area contributed by atoms with E-state index >= 15 is 0 Å². The highest BCUT2D eigenvalue weighted by Crippen LogP contribution is 2.38. The zero-order valence-electron chi connectivity index (χ0n) is 26.1. The third-order valence-corrected chi connectivity index (χ3v) is 9.80. The average Bonchev–Trinajstić information content (AvgIpc) is 3.49. The molecule has 0 saturated heterocycles. The number of halogens is 4. The Morgan fingerprint density at radius 3 is 2.65 bits per heavy atom. The quantitative estimate of drug-likeness (QED) is 0.177. The van der Waals surface area contributed by atoms with Crippen LogP contribution in [0, 0.1) is 11.7 Å². The summed E-state index contributed by atoms with van der Waals surface area (Å²) in [6.45, 7) is 3.20. The molecule has 250 valence electrons. The molecule has 48 heavy (non-hydrogen) atoms. The molecule has 0 bridgehead atoms. The minimum atomic E-state index is -4.79. The van der Waals surface area contributed by atoms with Gasteiger partial charge in [-0.2, -0.15) is 13.2 Å². The van der Waals surface area contributed by atoms with Crippen LogP contribution in [0.2, 0.25) is 0 Å². The molecule has 0 fully saturated rings. The monoisotopic (exact) mass is 678 g/mol. The molecule has 6 rings (SSSR count). The predicted octanol–water partition coefficient (Wildman–Crippen LogP) is 7.69. The molecule has 3 heterocycles. The number of nitrogens with one attached hydrogen (secondary N) is 1. The number of ether oxygens (including phenoxy) is 1. The van der Waals surface area contributed by atoms with Crippen LogP contribution >= 0.6 is 11.3 Å². The van der Waals surface area contributed by atoms with Gasteiger partial charge < -0.3 is 14.7 Å². The van der Waals surface area contributed by atoms with E-state index in [0.717, 1.165) is 40.3 Å². The number of benzene rings is 2. The largest absolute Gasteiger partial charge is 0.506 e. The highest BCUT2D eigenvalue weighted by molar-refractivity contribution is 7.11. The molecular weight excluding hydrogens is 644 g/mol. The molecule has 7 nitrogen and oxygen atoms in total. The molecule has 2 atom stereocenters. The molecule has 0 spiro atoms. The maximum atomic E-state index is 15.0. The van der Waals surface area contributed by atoms with E-state index in [4.69, 9.17) is 9.72 Å². The van der Waals surface area contributed by atoms with Crippen LogP contribution in [0.4, 0.5) is 22.4 Å². The molecular formula is C36H34F4N4O3S. The van der Waals surface area contributed by atoms with Gasteiger partial charge in [0.1, 0.15) is 23.2 Å². The molecule has 4 aromatic rings. The lowest BCUT2D eigenvalue weighted by molar-refractivity contribution is -0.137. The van der Waals surface area contributed by atoms with Gasteiger partial charge in [-0.1, -0.05) is 55.5 Å². The fourth-order valence-electron chi connectivity index (χ4n) is 6.06. The molecule has 0 radical (unpaired) electrons. The highest BCUT2D eigenvalue weighted by atomic mass is 32.1. The number of pyridine rings is 1. The lowest BCUT2D eigenvalue weighted by Crippen LogP contribution is -2.46. The number of fused-ring (bicyclic) bond motifs is 1. The molecule has 2 aromatic carbocycles. The number of allylic oxidation sites excluding steroid dienone is 3. The highest BCUT2D eigenvalue weighted by Gasteiger charge is 2.40. The van der Waals surface area contributed by atoms with Gasteiger partial charge in [0.25, 0.3) is 0 Å². The summed E-state index contributed by atoms with van der Waals surface area (Å²) in [4.78, 5) is 24.7. The summed E-state index contributed by atoms with van der Waals surface area (Å²) < 4.78 is 62.5. The molecule has 12 heteroatoms. The van der Waals surface area contributed by atoms with Crippen molar-refractivity contribution in [1.29, 1.82) is 0 Å². The number of hydrogen-bond donors (Lipinski definition) is 2. The number of thiazole rings is 1. The van der Waals surface area contributed by atoms with Gasteiger partial charge in [-0.25, -0.2) is 14.2 Å². The van der Waals surface area contributed by atoms with Crippen molar-refractivity contribution in [3.05, 3.63) is 134 Å². The topological polar surface area (TPSA) is 87.6 Å². The van der Waals surface area contributed by atoms with Crippen molar-refractivity contribution in [3.8, 4) is 5.75 Å². The number of amides is 1. The van der Waals surface area contributed by atoms with Crippen molar-refractivity contribution < 1.29 is 32.2 Å². The number of alkyl halides is 3. The van der Waals surface area contributed by atoms with Crippen molar-refractivity contribution in [2.24, 2.45) is 5.92 Å². The summed E-state index contributed by atoms with van der Waals surface area (Å²) in [5.74, 6) is -0.856. The van der Waals surface area contributed by atoms with Crippen LogP contribution < -0.4 is 5.32 Å². The van der Waals surface area contributed by atoms with E-state index in [1.807, 2.05) is 42.5 Å². The number of carbonyl (C=O) groups is 1. The van der Waals surface area contributed by atoms with E-state index in [1.54, 1.807) is 4.90 Å². The van der Waals surface area contributed by atoms with Crippen LogP contribution in [0.5, 0.6) is 5.75 Å². The fourth-order valence-corrected chi connectivity index (χ4v) is 7.13. The van der Waals surface area contributed by atoms with E-state index in [0.29, 0.717) is 36.5 Å². The summed E-state index contributed by atoms with van der Waals surface area (Å²) in [5.41, 5.74) is 0.395. The van der Waals surface area contributed by atoms with E-state index in [2.05, 4.69) is 23.3 Å². The van der Waals surface area contributed by atoms with Crippen LogP contribution in [0.15, 0.2) is 90.7 Å². The summed E-state index contributed by atoms with van der Waals surface area (Å²) in [7, 11) is 0. The van der Waals surface area contributed by atoms with Gasteiger partial charge in [0.05, 0.1) is 35.2 Å². The second kappa shape index (κ2) is 13.9. The van der Waals surface area contributed by atoms with Crippen molar-refractivity contribution in [3.63, 3.8) is 0 Å². The fraction of sp³-hybridized carbons (Fsp3) is 0.306. The number of carbonyl (C=O) groups excluding carboxylic acids is 1. The van der Waals surface area contributed by atoms with Gasteiger partial charge in [0.15, 0.2) is 0 Å². The summed E-state index contributed by atoms with van der Waals surface area (Å²) in [6, 6.07) is 14.5. The number of nitrogens with zero attached hydrogens (tertiary/aromatic N) is 3. The Labute approximate surface area is 279 Å². The standard InChI is InChI=1S/C36H34F4N4O3S/c1-23-7-5-6-10-25(23)22-47-34(46)44-14-13-30-31(21-44)48-33(43-30)20-42-35(18-24-8-3-2-4-9-24,32-12-11-29(45)19-41-32)26-15-27(36(38,39)40)17-28(37)16-26/h2-6,8-12,15-17,19,23,42,45H,7,13-14,18,20-22H2,1H3. The van der Waals surface area contributed by atoms with Gasteiger partial charge in [-0.3, -0.25) is 10.3 Å². The molecule has 1 amide bonds. The SMILES string of the molecule is CC1CC=CC=C1COC(=O)N1CCc2nc(CNC(Cc3ccccc3)(c3cc(F)cc(C(F)(F)F)c3)c3ccc(O)cn3)sc2C1. The first-order valence-corrected chi connectivity index (χ1v) is 16.4. The molecule has 1 aliphatic heterocycles.